The number of anilines is 2. The highest BCUT2D eigenvalue weighted by Crippen LogP contribution is 2.26. The van der Waals surface area contributed by atoms with Crippen LogP contribution in [0.2, 0.25) is 10.0 Å². The van der Waals surface area contributed by atoms with Crippen molar-refractivity contribution in [3.8, 4) is 5.69 Å². The Balaban J connectivity index is 1.60. The highest BCUT2D eigenvalue weighted by Gasteiger charge is 2.16. The summed E-state index contributed by atoms with van der Waals surface area (Å²) in [5.41, 5.74) is 0.0638. The molecule has 0 saturated carbocycles. The summed E-state index contributed by atoms with van der Waals surface area (Å²) in [5.74, 6) is 0.223. The summed E-state index contributed by atoms with van der Waals surface area (Å²) in [4.78, 5) is 26.1. The van der Waals surface area contributed by atoms with Crippen molar-refractivity contribution < 1.29 is 8.42 Å². The van der Waals surface area contributed by atoms with Crippen molar-refractivity contribution in [1.82, 2.24) is 24.4 Å². The molecule has 2 aromatic heterocycles. The fourth-order valence-corrected chi connectivity index (χ4v) is 5.43. The summed E-state index contributed by atoms with van der Waals surface area (Å²) < 4.78 is 26.1. The van der Waals surface area contributed by atoms with E-state index >= 15 is 0 Å². The van der Waals surface area contributed by atoms with Crippen LogP contribution in [0.15, 0.2) is 58.4 Å². The van der Waals surface area contributed by atoms with E-state index < -0.39 is 15.5 Å². The molecule has 36 heavy (non-hydrogen) atoms. The molecule has 0 aliphatic heterocycles. The number of fused-ring (bicyclic) bond motifs is 1. The van der Waals surface area contributed by atoms with E-state index in [1.165, 1.54) is 18.3 Å². The van der Waals surface area contributed by atoms with E-state index in [2.05, 4.69) is 20.3 Å². The Labute approximate surface area is 217 Å². The van der Waals surface area contributed by atoms with Gasteiger partial charge in [0.05, 0.1) is 31.8 Å². The number of aromatic amines is 1. The van der Waals surface area contributed by atoms with Gasteiger partial charge in [0.25, 0.3) is 0 Å². The molecule has 13 heteroatoms. The summed E-state index contributed by atoms with van der Waals surface area (Å²) in [6, 6.07) is 11.1. The van der Waals surface area contributed by atoms with Crippen molar-refractivity contribution in [3.63, 3.8) is 0 Å². The number of nitrogens with one attached hydrogen (secondary N) is 3. The van der Waals surface area contributed by atoms with E-state index in [9.17, 15) is 13.2 Å². The van der Waals surface area contributed by atoms with Crippen molar-refractivity contribution in [2.24, 2.45) is 0 Å². The van der Waals surface area contributed by atoms with Crippen LogP contribution in [0.5, 0.6) is 0 Å². The second kappa shape index (κ2) is 10.4. The molecule has 0 fully saturated rings. The van der Waals surface area contributed by atoms with Crippen molar-refractivity contribution in [3.05, 3.63) is 74.7 Å². The predicted molar refractivity (Wildman–Crippen MR) is 140 cm³/mol. The molecule has 0 bridgehead atoms. The van der Waals surface area contributed by atoms with Crippen molar-refractivity contribution >= 4 is 55.7 Å². The highest BCUT2D eigenvalue weighted by atomic mass is 35.5. The molecule has 4 aromatic rings. The van der Waals surface area contributed by atoms with Crippen LogP contribution in [-0.4, -0.2) is 59.2 Å². The van der Waals surface area contributed by atoms with Crippen LogP contribution in [0, 0.1) is 5.41 Å². The second-order valence-electron chi connectivity index (χ2n) is 8.27. The lowest BCUT2D eigenvalue weighted by atomic mass is 10.3. The Kier molecular flexibility index (Phi) is 7.46. The fraction of sp³-hybridized carbons (Fsp3) is 0.217. The predicted octanol–water partition coefficient (Wildman–Crippen LogP) is 3.36. The number of sulfone groups is 1. The third-order valence-electron chi connectivity index (χ3n) is 5.35. The number of rotatable bonds is 8. The lowest BCUT2D eigenvalue weighted by molar-refractivity contribution is 0.408. The maximum Gasteiger partial charge on any atom is 0.333 e. The highest BCUT2D eigenvalue weighted by molar-refractivity contribution is 7.91. The van der Waals surface area contributed by atoms with Gasteiger partial charge >= 0.3 is 5.69 Å². The van der Waals surface area contributed by atoms with E-state index in [-0.39, 0.29) is 48.9 Å². The molecule has 0 aliphatic rings. The van der Waals surface area contributed by atoms with Crippen LogP contribution in [0.25, 0.3) is 16.7 Å². The minimum absolute atomic E-state index is 0.0635. The quantitative estimate of drug-likeness (QED) is 0.307. The number of aromatic nitrogens is 4. The van der Waals surface area contributed by atoms with Gasteiger partial charge in [-0.05, 0) is 63.5 Å². The topological polar surface area (TPSA) is 137 Å². The van der Waals surface area contributed by atoms with Crippen molar-refractivity contribution in [2.45, 2.75) is 11.3 Å². The molecular formula is C23H23Cl2N7O3S. The van der Waals surface area contributed by atoms with Gasteiger partial charge in [-0.3, -0.25) is 10.4 Å². The number of nitrogens with zero attached hydrogens (tertiary/aromatic N) is 4. The Bertz CT molecular complexity index is 1630. The monoisotopic (exact) mass is 547 g/mol. The first kappa shape index (κ1) is 25.8. The zero-order chi connectivity index (χ0) is 26.0. The average Bonchev–Trinajstić information content (AvgIpc) is 2.80. The van der Waals surface area contributed by atoms with Gasteiger partial charge in [-0.25, -0.2) is 22.8 Å². The molecule has 4 rings (SSSR count). The molecule has 0 aliphatic carbocycles. The number of para-hydroxylation sites is 1. The molecule has 2 heterocycles. The number of benzene rings is 2. The SMILES string of the molecule is CN(C)CCCS(=O)(=O)c1ccc(Nc2ncc3c(=N)n(-c4c(Cl)cccc4Cl)c(=O)[nH]c3n2)cc1. The fourth-order valence-electron chi connectivity index (χ4n) is 3.57. The molecule has 0 unspecified atom stereocenters. The minimum Gasteiger partial charge on any atom is -0.324 e. The van der Waals surface area contributed by atoms with Gasteiger partial charge in [-0.1, -0.05) is 29.3 Å². The maximum atomic E-state index is 12.8. The smallest absolute Gasteiger partial charge is 0.324 e. The van der Waals surface area contributed by atoms with Crippen LogP contribution in [0.3, 0.4) is 0 Å². The number of hydrogen-bond donors (Lipinski definition) is 3. The van der Waals surface area contributed by atoms with Gasteiger partial charge in [-0.15, -0.1) is 0 Å². The first-order chi connectivity index (χ1) is 17.1. The first-order valence-electron chi connectivity index (χ1n) is 10.8. The lowest BCUT2D eigenvalue weighted by Crippen LogP contribution is -2.34. The Morgan fingerprint density at radius 1 is 1.11 bits per heavy atom. The Morgan fingerprint density at radius 3 is 2.42 bits per heavy atom. The van der Waals surface area contributed by atoms with Crippen molar-refractivity contribution in [2.75, 3.05) is 31.7 Å². The number of halogens is 2. The molecule has 0 amide bonds. The summed E-state index contributed by atoms with van der Waals surface area (Å²) >= 11 is 12.5. The van der Waals surface area contributed by atoms with E-state index in [0.717, 1.165) is 4.57 Å². The van der Waals surface area contributed by atoms with E-state index in [0.29, 0.717) is 18.7 Å². The standard InChI is InChI=1S/C23H23Cl2N7O3S/c1-31(2)11-4-12-36(34,35)15-9-7-14(8-10-15)28-22-27-13-16-20(26)32(23(33)30-21(16)29-22)19-17(24)5-3-6-18(19)25/h3,5-10,13,26H,4,11-12H2,1-2H3,(H2,27,28,29,30,33). The number of hydrogen-bond acceptors (Lipinski definition) is 8. The normalized spacial score (nSPS) is 11.8. The average molecular weight is 548 g/mol. The minimum atomic E-state index is -3.38. The van der Waals surface area contributed by atoms with Gasteiger partial charge in [0.1, 0.15) is 5.49 Å². The Morgan fingerprint density at radius 2 is 1.78 bits per heavy atom. The van der Waals surface area contributed by atoms with Crippen LogP contribution in [0.4, 0.5) is 11.6 Å². The molecule has 188 valence electrons. The summed E-state index contributed by atoms with van der Waals surface area (Å²) in [6.45, 7) is 0.686. The van der Waals surface area contributed by atoms with E-state index in [1.807, 2.05) is 19.0 Å². The zero-order valence-corrected chi connectivity index (χ0v) is 21.7. The summed E-state index contributed by atoms with van der Waals surface area (Å²) in [7, 11) is 0.410. The van der Waals surface area contributed by atoms with Gasteiger partial charge in [0.2, 0.25) is 5.95 Å². The molecular weight excluding hydrogens is 525 g/mol. The molecule has 0 saturated heterocycles. The van der Waals surface area contributed by atoms with Crippen LogP contribution in [-0.2, 0) is 9.84 Å². The van der Waals surface area contributed by atoms with Crippen LogP contribution < -0.4 is 16.5 Å². The van der Waals surface area contributed by atoms with Gasteiger partial charge in [-0.2, -0.15) is 4.98 Å². The second-order valence-corrected chi connectivity index (χ2v) is 11.2. The van der Waals surface area contributed by atoms with Gasteiger partial charge in [0, 0.05) is 11.9 Å². The number of H-pyrrole nitrogens is 1. The summed E-state index contributed by atoms with van der Waals surface area (Å²) in [5, 5.41) is 12.2. The van der Waals surface area contributed by atoms with Crippen LogP contribution in [0.1, 0.15) is 6.42 Å². The Hall–Kier alpha value is -3.25. The molecule has 0 radical (unpaired) electrons. The largest absolute Gasteiger partial charge is 0.333 e. The molecule has 0 spiro atoms. The van der Waals surface area contributed by atoms with Gasteiger partial charge in [0.15, 0.2) is 15.5 Å². The van der Waals surface area contributed by atoms with Crippen molar-refractivity contribution in [1.29, 1.82) is 5.41 Å². The third kappa shape index (κ3) is 5.44. The van der Waals surface area contributed by atoms with Gasteiger partial charge < -0.3 is 10.2 Å². The van der Waals surface area contributed by atoms with Crippen LogP contribution >= 0.6 is 23.2 Å². The van der Waals surface area contributed by atoms with E-state index in [4.69, 9.17) is 28.6 Å². The molecule has 0 atom stereocenters. The molecule has 3 N–H and O–H groups in total. The summed E-state index contributed by atoms with van der Waals surface area (Å²) in [6.07, 6.45) is 1.94. The lowest BCUT2D eigenvalue weighted by Gasteiger charge is -2.12. The van der Waals surface area contributed by atoms with E-state index in [1.54, 1.807) is 30.3 Å². The molecule has 10 nitrogen and oxygen atoms in total. The maximum absolute atomic E-state index is 12.8. The third-order valence-corrected chi connectivity index (χ3v) is 7.77. The first-order valence-corrected chi connectivity index (χ1v) is 13.2. The molecule has 2 aromatic carbocycles. The zero-order valence-electron chi connectivity index (χ0n) is 19.4.